The van der Waals surface area contributed by atoms with Crippen LogP contribution in [0.1, 0.15) is 17.5 Å². The average molecular weight is 229 g/mol. The first-order chi connectivity index (χ1) is 7.81. The molecule has 0 bridgehead atoms. The van der Waals surface area contributed by atoms with Gasteiger partial charge in [-0.05, 0) is 17.7 Å². The second-order valence-corrected chi connectivity index (χ2v) is 2.56. The Bertz CT molecular complexity index is 315. The molecule has 0 saturated carbocycles. The first kappa shape index (κ1) is 14.5. The summed E-state index contributed by atoms with van der Waals surface area (Å²) in [6.07, 6.45) is 2.41. The van der Waals surface area contributed by atoms with Gasteiger partial charge in [0.05, 0.1) is 11.9 Å². The lowest BCUT2D eigenvalue weighted by atomic mass is 10.2. The smallest absolute Gasteiger partial charge is 0.200 e. The van der Waals surface area contributed by atoms with Crippen LogP contribution in [-0.4, -0.2) is 35.8 Å². The minimum atomic E-state index is -0.498. The van der Waals surface area contributed by atoms with Crippen molar-refractivity contribution in [2.75, 3.05) is 14.2 Å². The molecule has 4 N–H and O–H groups in total. The molecular formula is C9H15N3O4. The molecule has 7 heteroatoms. The van der Waals surface area contributed by atoms with Gasteiger partial charge in [0.2, 0.25) is 6.29 Å². The van der Waals surface area contributed by atoms with Gasteiger partial charge in [0, 0.05) is 20.4 Å². The molecule has 0 unspecified atom stereocenters. The van der Waals surface area contributed by atoms with Crippen molar-refractivity contribution in [2.45, 2.75) is 6.29 Å². The van der Waals surface area contributed by atoms with E-state index in [0.717, 1.165) is 5.56 Å². The Kier molecular flexibility index (Phi) is 7.90. The molecule has 1 rings (SSSR count). The van der Waals surface area contributed by atoms with E-state index in [4.69, 9.17) is 19.9 Å². The highest BCUT2D eigenvalue weighted by molar-refractivity contribution is 5.78. The number of oxime groups is 1. The molecule has 0 fully saturated rings. The molecule has 0 radical (unpaired) electrons. The number of ether oxygens (including phenoxy) is 2. The van der Waals surface area contributed by atoms with E-state index in [0.29, 0.717) is 5.69 Å². The highest BCUT2D eigenvalue weighted by Crippen LogP contribution is 2.14. The number of methoxy groups -OCH3 is 2. The molecule has 0 amide bonds. The van der Waals surface area contributed by atoms with Crippen LogP contribution < -0.4 is 5.90 Å². The minimum absolute atomic E-state index is 0.498. The second-order valence-electron chi connectivity index (χ2n) is 2.56. The number of rotatable bonds is 4. The zero-order chi connectivity index (χ0) is 12.4. The molecule has 90 valence electrons. The monoisotopic (exact) mass is 229 g/mol. The van der Waals surface area contributed by atoms with Crippen LogP contribution in [0.3, 0.4) is 0 Å². The Balaban J connectivity index is 0.00000106. The Hall–Kier alpha value is -1.54. The first-order valence-corrected chi connectivity index (χ1v) is 4.26. The molecule has 1 aromatic heterocycles. The lowest BCUT2D eigenvalue weighted by Crippen LogP contribution is -2.06. The lowest BCUT2D eigenvalue weighted by molar-refractivity contribution is -0.108. The molecule has 0 aliphatic carbocycles. The van der Waals surface area contributed by atoms with E-state index in [1.807, 2.05) is 0 Å². The molecule has 7 nitrogen and oxygen atoms in total. The molecule has 0 aliphatic rings. The highest BCUT2D eigenvalue weighted by atomic mass is 16.7. The summed E-state index contributed by atoms with van der Waals surface area (Å²) in [5.74, 6) is 3.50. The summed E-state index contributed by atoms with van der Waals surface area (Å²) in [5.41, 5.74) is 1.36. The van der Waals surface area contributed by atoms with Crippen molar-refractivity contribution in [1.82, 2.24) is 4.98 Å². The van der Waals surface area contributed by atoms with Crippen molar-refractivity contribution in [3.63, 3.8) is 0 Å². The Labute approximate surface area is 93.1 Å². The van der Waals surface area contributed by atoms with E-state index in [1.165, 1.54) is 20.4 Å². The van der Waals surface area contributed by atoms with E-state index in [9.17, 15) is 0 Å². The summed E-state index contributed by atoms with van der Waals surface area (Å²) < 4.78 is 10.1. The fourth-order valence-electron chi connectivity index (χ4n) is 1.08. The van der Waals surface area contributed by atoms with Crippen LogP contribution in [-0.2, 0) is 9.47 Å². The second kappa shape index (κ2) is 8.74. The van der Waals surface area contributed by atoms with Gasteiger partial charge in [-0.1, -0.05) is 5.16 Å². The van der Waals surface area contributed by atoms with Crippen LogP contribution in [0.5, 0.6) is 0 Å². The summed E-state index contributed by atoms with van der Waals surface area (Å²) >= 11 is 0. The zero-order valence-corrected chi connectivity index (χ0v) is 9.07. The summed E-state index contributed by atoms with van der Waals surface area (Å²) in [5, 5.41) is 17.8. The standard InChI is InChI=1S/C9H12N2O3.H3NO/c1-13-9(14-2)8-5-7(6-11-12)3-4-10-8;1-2/h3-6,9,12H,1-2H3;2H,1H2. The summed E-state index contributed by atoms with van der Waals surface area (Å²) in [6, 6.07) is 3.43. The van der Waals surface area contributed by atoms with Crippen molar-refractivity contribution in [3.8, 4) is 0 Å². The van der Waals surface area contributed by atoms with Gasteiger partial charge in [0.25, 0.3) is 0 Å². The van der Waals surface area contributed by atoms with Gasteiger partial charge in [0.15, 0.2) is 0 Å². The first-order valence-electron chi connectivity index (χ1n) is 4.26. The molecule has 16 heavy (non-hydrogen) atoms. The number of pyridine rings is 1. The summed E-state index contributed by atoms with van der Waals surface area (Å²) in [4.78, 5) is 4.07. The molecular weight excluding hydrogens is 214 g/mol. The third kappa shape index (κ3) is 4.32. The Morgan fingerprint density at radius 3 is 2.56 bits per heavy atom. The highest BCUT2D eigenvalue weighted by Gasteiger charge is 2.09. The topological polar surface area (TPSA) is 110 Å². The quantitative estimate of drug-likeness (QED) is 0.300. The van der Waals surface area contributed by atoms with Crippen molar-refractivity contribution in [1.29, 1.82) is 0 Å². The number of aromatic nitrogens is 1. The Morgan fingerprint density at radius 2 is 2.06 bits per heavy atom. The largest absolute Gasteiger partial charge is 0.411 e. The van der Waals surface area contributed by atoms with E-state index >= 15 is 0 Å². The summed E-state index contributed by atoms with van der Waals surface area (Å²) in [7, 11) is 3.06. The fraction of sp³-hybridized carbons (Fsp3) is 0.333. The zero-order valence-electron chi connectivity index (χ0n) is 9.07. The van der Waals surface area contributed by atoms with Crippen LogP contribution in [0.15, 0.2) is 23.5 Å². The van der Waals surface area contributed by atoms with Crippen LogP contribution in [0.4, 0.5) is 0 Å². The molecule has 0 spiro atoms. The van der Waals surface area contributed by atoms with E-state index in [-0.39, 0.29) is 0 Å². The average Bonchev–Trinajstić information content (AvgIpc) is 2.34. The van der Waals surface area contributed by atoms with Crippen molar-refractivity contribution in [2.24, 2.45) is 11.1 Å². The SMILES string of the molecule is COC(OC)c1cc(C=NO)ccn1.NO. The van der Waals surface area contributed by atoms with Crippen LogP contribution in [0.2, 0.25) is 0 Å². The van der Waals surface area contributed by atoms with Gasteiger partial charge >= 0.3 is 0 Å². The normalized spacial score (nSPS) is 10.3. The molecule has 1 heterocycles. The number of nitrogens with zero attached hydrogens (tertiary/aromatic N) is 2. The molecule has 0 aromatic carbocycles. The van der Waals surface area contributed by atoms with Gasteiger partial charge in [-0.15, -0.1) is 0 Å². The number of nitrogens with two attached hydrogens (primary N) is 1. The van der Waals surface area contributed by atoms with Gasteiger partial charge < -0.3 is 19.9 Å². The third-order valence-corrected chi connectivity index (χ3v) is 1.68. The molecule has 0 aliphatic heterocycles. The predicted molar refractivity (Wildman–Crippen MR) is 56.4 cm³/mol. The van der Waals surface area contributed by atoms with Gasteiger partial charge in [-0.3, -0.25) is 4.98 Å². The maximum atomic E-state index is 8.35. The van der Waals surface area contributed by atoms with Crippen molar-refractivity contribution in [3.05, 3.63) is 29.6 Å². The molecule has 1 aromatic rings. The summed E-state index contributed by atoms with van der Waals surface area (Å²) in [6.45, 7) is 0. The van der Waals surface area contributed by atoms with Gasteiger partial charge in [-0.25, -0.2) is 5.90 Å². The minimum Gasteiger partial charge on any atom is -0.411 e. The van der Waals surface area contributed by atoms with Crippen molar-refractivity contribution >= 4 is 6.21 Å². The van der Waals surface area contributed by atoms with Crippen LogP contribution in [0.25, 0.3) is 0 Å². The third-order valence-electron chi connectivity index (χ3n) is 1.68. The lowest BCUT2D eigenvalue weighted by Gasteiger charge is -2.12. The predicted octanol–water partition coefficient (Wildman–Crippen LogP) is 0.515. The molecule has 0 saturated heterocycles. The van der Waals surface area contributed by atoms with Gasteiger partial charge in [-0.2, -0.15) is 0 Å². The Morgan fingerprint density at radius 1 is 1.44 bits per heavy atom. The molecule has 0 atom stereocenters. The van der Waals surface area contributed by atoms with E-state index in [2.05, 4.69) is 16.0 Å². The number of hydrogen-bond acceptors (Lipinski definition) is 7. The fourth-order valence-corrected chi connectivity index (χ4v) is 1.08. The van der Waals surface area contributed by atoms with Crippen LogP contribution in [0, 0.1) is 0 Å². The van der Waals surface area contributed by atoms with E-state index < -0.39 is 6.29 Å². The number of hydrogen-bond donors (Lipinski definition) is 3. The van der Waals surface area contributed by atoms with Crippen molar-refractivity contribution < 1.29 is 19.9 Å². The van der Waals surface area contributed by atoms with Gasteiger partial charge in [0.1, 0.15) is 0 Å². The maximum Gasteiger partial charge on any atom is 0.200 e. The van der Waals surface area contributed by atoms with Crippen LogP contribution >= 0.6 is 0 Å². The maximum absolute atomic E-state index is 8.35. The van der Waals surface area contributed by atoms with E-state index in [1.54, 1.807) is 18.3 Å².